The minimum Gasteiger partial charge on any atom is -0.507 e. The molecular formula is C25H23NO6S. The highest BCUT2D eigenvalue weighted by atomic mass is 32.1. The van der Waals surface area contributed by atoms with E-state index in [0.29, 0.717) is 35.1 Å². The first-order valence-electron chi connectivity index (χ1n) is 10.3. The maximum absolute atomic E-state index is 13.2. The summed E-state index contributed by atoms with van der Waals surface area (Å²) in [5.74, 6) is -0.195. The normalized spacial score (nSPS) is 17.3. The van der Waals surface area contributed by atoms with E-state index in [2.05, 4.69) is 0 Å². The Balaban J connectivity index is 1.85. The predicted molar refractivity (Wildman–Crippen MR) is 126 cm³/mol. The molecule has 1 aliphatic heterocycles. The van der Waals surface area contributed by atoms with E-state index in [1.807, 2.05) is 24.4 Å². The van der Waals surface area contributed by atoms with Crippen LogP contribution >= 0.6 is 11.3 Å². The minimum atomic E-state index is -0.768. The van der Waals surface area contributed by atoms with Gasteiger partial charge in [0.2, 0.25) is 0 Å². The summed E-state index contributed by atoms with van der Waals surface area (Å²) >= 11 is 1.40. The Morgan fingerprint density at radius 1 is 1.03 bits per heavy atom. The Kier molecular flexibility index (Phi) is 6.37. The van der Waals surface area contributed by atoms with Crippen molar-refractivity contribution in [3.63, 3.8) is 0 Å². The van der Waals surface area contributed by atoms with Crippen LogP contribution < -0.4 is 19.1 Å². The number of aliphatic hydroxyl groups is 1. The third kappa shape index (κ3) is 4.05. The number of methoxy groups -OCH3 is 2. The van der Waals surface area contributed by atoms with Crippen molar-refractivity contribution in [3.8, 4) is 17.2 Å². The van der Waals surface area contributed by atoms with E-state index in [0.717, 1.165) is 4.88 Å². The van der Waals surface area contributed by atoms with E-state index in [1.165, 1.54) is 30.5 Å². The van der Waals surface area contributed by atoms with Crippen LogP contribution in [0.15, 0.2) is 65.6 Å². The Morgan fingerprint density at radius 3 is 2.36 bits per heavy atom. The average molecular weight is 466 g/mol. The summed E-state index contributed by atoms with van der Waals surface area (Å²) in [7, 11) is 2.99. The smallest absolute Gasteiger partial charge is 0.300 e. The van der Waals surface area contributed by atoms with Gasteiger partial charge in [0.1, 0.15) is 17.6 Å². The number of carbonyl (C=O) groups excluding carboxylic acids is 2. The number of nitrogens with zero attached hydrogens (tertiary/aromatic N) is 1. The molecule has 2 aromatic carbocycles. The number of benzene rings is 2. The molecule has 1 amide bonds. The fraction of sp³-hybridized carbons (Fsp3) is 0.200. The molecule has 0 bridgehead atoms. The third-order valence-electron chi connectivity index (χ3n) is 5.34. The molecule has 4 rings (SSSR count). The molecule has 1 aromatic heterocycles. The number of ether oxygens (including phenoxy) is 3. The lowest BCUT2D eigenvalue weighted by atomic mass is 9.99. The molecule has 1 N–H and O–H groups in total. The second kappa shape index (κ2) is 9.38. The molecule has 0 saturated carbocycles. The second-order valence-electron chi connectivity index (χ2n) is 7.18. The van der Waals surface area contributed by atoms with Gasteiger partial charge in [-0.05, 0) is 60.8 Å². The van der Waals surface area contributed by atoms with Crippen molar-refractivity contribution in [3.05, 3.63) is 76.0 Å². The Labute approximate surface area is 195 Å². The zero-order valence-corrected chi connectivity index (χ0v) is 19.2. The zero-order valence-electron chi connectivity index (χ0n) is 18.4. The van der Waals surface area contributed by atoms with Crippen LogP contribution in [-0.2, 0) is 9.59 Å². The molecule has 0 aliphatic carbocycles. The van der Waals surface area contributed by atoms with Gasteiger partial charge in [-0.25, -0.2) is 0 Å². The number of Topliss-reactive ketones (excluding diaryl/α,β-unsaturated/α-hetero) is 1. The summed E-state index contributed by atoms with van der Waals surface area (Å²) in [4.78, 5) is 28.5. The van der Waals surface area contributed by atoms with Crippen LogP contribution in [0, 0.1) is 0 Å². The lowest BCUT2D eigenvalue weighted by molar-refractivity contribution is -0.132. The van der Waals surface area contributed by atoms with E-state index in [9.17, 15) is 14.7 Å². The molecule has 1 atom stereocenters. The monoisotopic (exact) mass is 465 g/mol. The lowest BCUT2D eigenvalue weighted by Gasteiger charge is -2.24. The molecule has 170 valence electrons. The Bertz CT molecular complexity index is 1200. The van der Waals surface area contributed by atoms with Gasteiger partial charge < -0.3 is 19.3 Å². The summed E-state index contributed by atoms with van der Waals surface area (Å²) in [5.41, 5.74) is 0.896. The van der Waals surface area contributed by atoms with Gasteiger partial charge in [-0.3, -0.25) is 14.5 Å². The van der Waals surface area contributed by atoms with Crippen LogP contribution in [0.3, 0.4) is 0 Å². The highest BCUT2D eigenvalue weighted by Gasteiger charge is 2.47. The maximum Gasteiger partial charge on any atom is 0.300 e. The van der Waals surface area contributed by atoms with Crippen molar-refractivity contribution in [1.29, 1.82) is 0 Å². The van der Waals surface area contributed by atoms with E-state index in [4.69, 9.17) is 14.2 Å². The summed E-state index contributed by atoms with van der Waals surface area (Å²) in [6.45, 7) is 2.40. The zero-order chi connectivity index (χ0) is 23.5. The van der Waals surface area contributed by atoms with Gasteiger partial charge in [0.05, 0.1) is 26.4 Å². The molecule has 0 radical (unpaired) electrons. The standard InChI is InChI=1S/C25H23NO6S/c1-4-32-17-10-8-16(9-11-17)26-22(20-6-5-13-33-20)21(24(28)25(26)29)23(27)15-7-12-18(30-2)19(14-15)31-3/h5-14,22,27H,4H2,1-3H3/b23-21-. The van der Waals surface area contributed by atoms with Crippen molar-refractivity contribution in [2.45, 2.75) is 13.0 Å². The summed E-state index contributed by atoms with van der Waals surface area (Å²) in [5, 5.41) is 13.1. The molecule has 7 nitrogen and oxygen atoms in total. The van der Waals surface area contributed by atoms with Crippen LogP contribution in [0.25, 0.3) is 5.76 Å². The quantitative estimate of drug-likeness (QED) is 0.307. The van der Waals surface area contributed by atoms with Gasteiger partial charge in [-0.2, -0.15) is 0 Å². The first kappa shape index (κ1) is 22.4. The molecule has 1 unspecified atom stereocenters. The Hall–Kier alpha value is -3.78. The number of carbonyl (C=O) groups is 2. The van der Waals surface area contributed by atoms with Gasteiger partial charge in [0, 0.05) is 16.1 Å². The van der Waals surface area contributed by atoms with Crippen LogP contribution in [0.4, 0.5) is 5.69 Å². The van der Waals surface area contributed by atoms with Crippen LogP contribution in [0.1, 0.15) is 23.4 Å². The predicted octanol–water partition coefficient (Wildman–Crippen LogP) is 4.79. The van der Waals surface area contributed by atoms with Gasteiger partial charge in [-0.15, -0.1) is 11.3 Å². The number of ketones is 1. The maximum atomic E-state index is 13.2. The third-order valence-corrected chi connectivity index (χ3v) is 6.26. The average Bonchev–Trinajstić information content (AvgIpc) is 3.46. The Morgan fingerprint density at radius 2 is 1.76 bits per heavy atom. The van der Waals surface area contributed by atoms with Crippen molar-refractivity contribution >= 4 is 34.5 Å². The van der Waals surface area contributed by atoms with Crippen LogP contribution in [0.5, 0.6) is 17.2 Å². The number of rotatable bonds is 7. The van der Waals surface area contributed by atoms with Crippen LogP contribution in [-0.4, -0.2) is 37.6 Å². The highest BCUT2D eigenvalue weighted by Crippen LogP contribution is 2.44. The molecule has 33 heavy (non-hydrogen) atoms. The van der Waals surface area contributed by atoms with Gasteiger partial charge in [-0.1, -0.05) is 6.07 Å². The molecule has 1 saturated heterocycles. The molecule has 1 aliphatic rings. The lowest BCUT2D eigenvalue weighted by Crippen LogP contribution is -2.29. The molecule has 3 aromatic rings. The highest BCUT2D eigenvalue weighted by molar-refractivity contribution is 7.10. The topological polar surface area (TPSA) is 85.3 Å². The second-order valence-corrected chi connectivity index (χ2v) is 8.16. The fourth-order valence-electron chi connectivity index (χ4n) is 3.82. The largest absolute Gasteiger partial charge is 0.507 e. The fourth-order valence-corrected chi connectivity index (χ4v) is 4.65. The summed E-state index contributed by atoms with van der Waals surface area (Å²) in [6.07, 6.45) is 0. The SMILES string of the molecule is CCOc1ccc(N2C(=O)C(=O)/C(=C(\O)c3ccc(OC)c(OC)c3)C2c2cccs2)cc1. The number of anilines is 1. The molecule has 1 fully saturated rings. The number of hydrogen-bond acceptors (Lipinski definition) is 7. The van der Waals surface area contributed by atoms with Gasteiger partial charge >= 0.3 is 0 Å². The van der Waals surface area contributed by atoms with Crippen molar-refractivity contribution in [2.24, 2.45) is 0 Å². The van der Waals surface area contributed by atoms with E-state index < -0.39 is 17.7 Å². The van der Waals surface area contributed by atoms with Crippen molar-refractivity contribution in [1.82, 2.24) is 0 Å². The van der Waals surface area contributed by atoms with Crippen molar-refractivity contribution in [2.75, 3.05) is 25.7 Å². The molecular weight excluding hydrogens is 442 g/mol. The number of amides is 1. The number of aliphatic hydroxyl groups excluding tert-OH is 1. The van der Waals surface area contributed by atoms with Crippen LogP contribution in [0.2, 0.25) is 0 Å². The summed E-state index contributed by atoms with van der Waals surface area (Å²) in [6, 6.07) is 14.7. The summed E-state index contributed by atoms with van der Waals surface area (Å²) < 4.78 is 16.1. The van der Waals surface area contributed by atoms with Gasteiger partial charge in [0.15, 0.2) is 11.5 Å². The van der Waals surface area contributed by atoms with E-state index >= 15 is 0 Å². The minimum absolute atomic E-state index is 0.0172. The number of hydrogen-bond donors (Lipinski definition) is 1. The first-order chi connectivity index (χ1) is 16.0. The van der Waals surface area contributed by atoms with E-state index in [1.54, 1.807) is 42.5 Å². The molecule has 2 heterocycles. The number of thiophene rings is 1. The van der Waals surface area contributed by atoms with E-state index in [-0.39, 0.29) is 11.3 Å². The van der Waals surface area contributed by atoms with Crippen molar-refractivity contribution < 1.29 is 28.9 Å². The first-order valence-corrected chi connectivity index (χ1v) is 11.2. The molecule has 0 spiro atoms. The molecule has 8 heteroatoms. The van der Waals surface area contributed by atoms with Gasteiger partial charge in [0.25, 0.3) is 11.7 Å².